The van der Waals surface area contributed by atoms with Gasteiger partial charge in [-0.2, -0.15) is 0 Å². The highest BCUT2D eigenvalue weighted by Gasteiger charge is 2.20. The summed E-state index contributed by atoms with van der Waals surface area (Å²) in [5.41, 5.74) is 0.798. The van der Waals surface area contributed by atoms with E-state index in [0.29, 0.717) is 29.2 Å². The van der Waals surface area contributed by atoms with Gasteiger partial charge in [-0.05, 0) is 56.6 Å². The van der Waals surface area contributed by atoms with Gasteiger partial charge >= 0.3 is 0 Å². The lowest BCUT2D eigenvalue weighted by atomic mass is 10.1. The molecule has 0 saturated carbocycles. The summed E-state index contributed by atoms with van der Waals surface area (Å²) < 4.78 is 10.8. The van der Waals surface area contributed by atoms with E-state index in [0.717, 1.165) is 31.5 Å². The van der Waals surface area contributed by atoms with Crippen LogP contribution in [0.25, 0.3) is 6.08 Å². The highest BCUT2D eigenvalue weighted by Crippen LogP contribution is 2.36. The predicted octanol–water partition coefficient (Wildman–Crippen LogP) is 3.39. The molecular formula is C18H26Cl2N2O3. The number of rotatable bonds is 6. The molecule has 7 heteroatoms. The van der Waals surface area contributed by atoms with Gasteiger partial charge < -0.3 is 19.7 Å². The minimum Gasteiger partial charge on any atom is -0.493 e. The van der Waals surface area contributed by atoms with Gasteiger partial charge in [0.25, 0.3) is 0 Å². The number of nitrogens with one attached hydrogen (secondary N) is 1. The largest absolute Gasteiger partial charge is 0.493 e. The molecule has 1 aromatic rings. The molecule has 0 atom stereocenters. The molecular weight excluding hydrogens is 363 g/mol. The maximum atomic E-state index is 12.4. The normalized spacial score (nSPS) is 14.9. The van der Waals surface area contributed by atoms with Crippen LogP contribution in [0, 0.1) is 0 Å². The average Bonchev–Trinajstić information content (AvgIpc) is 2.61. The highest BCUT2D eigenvalue weighted by molar-refractivity contribution is 6.32. The summed E-state index contributed by atoms with van der Waals surface area (Å²) in [5, 5.41) is 3.77. The molecule has 0 radical (unpaired) electrons. The van der Waals surface area contributed by atoms with Crippen molar-refractivity contribution in [1.29, 1.82) is 0 Å². The van der Waals surface area contributed by atoms with Gasteiger partial charge in [-0.25, -0.2) is 0 Å². The zero-order chi connectivity index (χ0) is 17.5. The number of hydrogen-bond acceptors (Lipinski definition) is 4. The van der Waals surface area contributed by atoms with Crippen LogP contribution < -0.4 is 14.8 Å². The standard InChI is InChI=1S/C18H25ClN2O3.ClH/c1-4-24-18-15(19)11-13(12-16(18)23-3)5-6-17(22)21(2)14-7-9-20-10-8-14;/h5-6,11-12,14,20H,4,7-10H2,1-3H3;1H. The van der Waals surface area contributed by atoms with Crippen molar-refractivity contribution in [2.45, 2.75) is 25.8 Å². The Morgan fingerprint density at radius 1 is 1.40 bits per heavy atom. The molecule has 0 bridgehead atoms. The van der Waals surface area contributed by atoms with E-state index in [2.05, 4.69) is 5.32 Å². The maximum Gasteiger partial charge on any atom is 0.246 e. The first-order valence-corrected chi connectivity index (χ1v) is 8.60. The van der Waals surface area contributed by atoms with E-state index in [-0.39, 0.29) is 18.3 Å². The third-order valence-electron chi connectivity index (χ3n) is 4.16. The lowest BCUT2D eigenvalue weighted by Gasteiger charge is -2.30. The van der Waals surface area contributed by atoms with Crippen molar-refractivity contribution in [3.63, 3.8) is 0 Å². The summed E-state index contributed by atoms with van der Waals surface area (Å²) >= 11 is 6.25. The first-order chi connectivity index (χ1) is 11.6. The number of hydrogen-bond donors (Lipinski definition) is 1. The Morgan fingerprint density at radius 3 is 2.68 bits per heavy atom. The second-order valence-corrected chi connectivity index (χ2v) is 6.14. The molecule has 1 heterocycles. The summed E-state index contributed by atoms with van der Waals surface area (Å²) in [4.78, 5) is 14.2. The van der Waals surface area contributed by atoms with Crippen LogP contribution in [0.5, 0.6) is 11.5 Å². The average molecular weight is 389 g/mol. The molecule has 5 nitrogen and oxygen atoms in total. The van der Waals surface area contributed by atoms with Crippen LogP contribution in [0.2, 0.25) is 5.02 Å². The molecule has 2 rings (SSSR count). The Morgan fingerprint density at radius 2 is 2.08 bits per heavy atom. The van der Waals surface area contributed by atoms with Gasteiger partial charge in [0.15, 0.2) is 11.5 Å². The molecule has 140 valence electrons. The molecule has 0 aliphatic carbocycles. The van der Waals surface area contributed by atoms with Crippen molar-refractivity contribution in [3.05, 3.63) is 28.8 Å². The van der Waals surface area contributed by atoms with E-state index < -0.39 is 0 Å². The number of halogens is 2. The monoisotopic (exact) mass is 388 g/mol. The molecule has 1 aliphatic heterocycles. The fourth-order valence-corrected chi connectivity index (χ4v) is 3.05. The van der Waals surface area contributed by atoms with Crippen LogP contribution in [-0.2, 0) is 4.79 Å². The van der Waals surface area contributed by atoms with E-state index in [1.165, 1.54) is 0 Å². The van der Waals surface area contributed by atoms with Crippen LogP contribution in [0.1, 0.15) is 25.3 Å². The third-order valence-corrected chi connectivity index (χ3v) is 4.44. The number of amides is 1. The van der Waals surface area contributed by atoms with Gasteiger partial charge in [0.1, 0.15) is 0 Å². The van der Waals surface area contributed by atoms with Gasteiger partial charge in [0, 0.05) is 19.2 Å². The van der Waals surface area contributed by atoms with Crippen molar-refractivity contribution in [1.82, 2.24) is 10.2 Å². The van der Waals surface area contributed by atoms with E-state index in [4.69, 9.17) is 21.1 Å². The number of ether oxygens (including phenoxy) is 2. The lowest BCUT2D eigenvalue weighted by Crippen LogP contribution is -2.43. The lowest BCUT2D eigenvalue weighted by molar-refractivity contribution is -0.127. The van der Waals surface area contributed by atoms with Gasteiger partial charge in [-0.3, -0.25) is 4.79 Å². The Bertz CT molecular complexity index is 602. The van der Waals surface area contributed by atoms with Crippen LogP contribution in [0.4, 0.5) is 0 Å². The zero-order valence-corrected chi connectivity index (χ0v) is 16.5. The molecule has 1 aliphatic rings. The summed E-state index contributed by atoms with van der Waals surface area (Å²) in [6, 6.07) is 3.87. The molecule has 25 heavy (non-hydrogen) atoms. The smallest absolute Gasteiger partial charge is 0.246 e. The molecule has 1 fully saturated rings. The summed E-state index contributed by atoms with van der Waals surface area (Å²) in [6.07, 6.45) is 5.30. The van der Waals surface area contributed by atoms with Crippen molar-refractivity contribution in [2.24, 2.45) is 0 Å². The van der Waals surface area contributed by atoms with E-state index in [1.807, 2.05) is 24.9 Å². The number of carbonyl (C=O) groups is 1. The molecule has 0 unspecified atom stereocenters. The fraction of sp³-hybridized carbons (Fsp3) is 0.500. The van der Waals surface area contributed by atoms with Crippen LogP contribution in [-0.4, -0.2) is 50.7 Å². The first kappa shape index (κ1) is 21.6. The summed E-state index contributed by atoms with van der Waals surface area (Å²) in [6.45, 7) is 4.30. The number of likely N-dealkylation sites (N-methyl/N-ethyl adjacent to an activating group) is 1. The van der Waals surface area contributed by atoms with Crippen molar-refractivity contribution < 1.29 is 14.3 Å². The summed E-state index contributed by atoms with van der Waals surface area (Å²) in [7, 11) is 3.42. The van der Waals surface area contributed by atoms with E-state index in [1.54, 1.807) is 25.3 Å². The van der Waals surface area contributed by atoms with Crippen LogP contribution in [0.3, 0.4) is 0 Å². The molecule has 0 aromatic heterocycles. The fourth-order valence-electron chi connectivity index (χ4n) is 2.78. The number of carbonyl (C=O) groups excluding carboxylic acids is 1. The van der Waals surface area contributed by atoms with Crippen molar-refractivity contribution in [2.75, 3.05) is 33.9 Å². The zero-order valence-electron chi connectivity index (χ0n) is 14.9. The van der Waals surface area contributed by atoms with Crippen molar-refractivity contribution in [3.8, 4) is 11.5 Å². The van der Waals surface area contributed by atoms with Gasteiger partial charge in [-0.15, -0.1) is 12.4 Å². The SMILES string of the molecule is CCOc1c(Cl)cc(C=CC(=O)N(C)C2CCNCC2)cc1OC.Cl. The molecule has 1 amide bonds. The number of methoxy groups -OCH3 is 1. The Balaban J connectivity index is 0.00000312. The Labute approximate surface area is 160 Å². The molecule has 1 saturated heterocycles. The van der Waals surface area contributed by atoms with Gasteiger partial charge in [0.2, 0.25) is 5.91 Å². The van der Waals surface area contributed by atoms with E-state index in [9.17, 15) is 4.79 Å². The van der Waals surface area contributed by atoms with Crippen LogP contribution >= 0.6 is 24.0 Å². The second-order valence-electron chi connectivity index (χ2n) is 5.73. The van der Waals surface area contributed by atoms with Gasteiger partial charge in [0.05, 0.1) is 18.7 Å². The summed E-state index contributed by atoms with van der Waals surface area (Å²) in [5.74, 6) is 1.07. The first-order valence-electron chi connectivity index (χ1n) is 8.22. The minimum absolute atomic E-state index is 0. The van der Waals surface area contributed by atoms with E-state index >= 15 is 0 Å². The molecule has 0 spiro atoms. The molecule has 1 aromatic carbocycles. The predicted molar refractivity (Wildman–Crippen MR) is 104 cm³/mol. The number of benzene rings is 1. The highest BCUT2D eigenvalue weighted by atomic mass is 35.5. The second kappa shape index (κ2) is 10.5. The topological polar surface area (TPSA) is 50.8 Å². The van der Waals surface area contributed by atoms with Crippen LogP contribution in [0.15, 0.2) is 18.2 Å². The Kier molecular flexibility index (Phi) is 9.11. The number of piperidine rings is 1. The van der Waals surface area contributed by atoms with Gasteiger partial charge in [-0.1, -0.05) is 11.6 Å². The number of nitrogens with zero attached hydrogens (tertiary/aromatic N) is 1. The maximum absolute atomic E-state index is 12.4. The van der Waals surface area contributed by atoms with Crippen molar-refractivity contribution >= 4 is 36.0 Å². The minimum atomic E-state index is -0.00845. The Hall–Kier alpha value is -1.43. The molecule has 1 N–H and O–H groups in total. The third kappa shape index (κ3) is 5.80. The quantitative estimate of drug-likeness (QED) is 0.758.